The van der Waals surface area contributed by atoms with Crippen LogP contribution in [0.4, 0.5) is 11.6 Å². The topological polar surface area (TPSA) is 89.2 Å². The third-order valence-corrected chi connectivity index (χ3v) is 2.78. The lowest BCUT2D eigenvalue weighted by Gasteiger charge is -2.16. The van der Waals surface area contributed by atoms with Crippen molar-refractivity contribution in [1.29, 1.82) is 0 Å². The molecule has 1 aromatic rings. The average Bonchev–Trinajstić information content (AvgIpc) is 2.14. The Morgan fingerprint density at radius 3 is 2.53 bits per heavy atom. The molecule has 1 rings (SSSR count). The zero-order valence-corrected chi connectivity index (χ0v) is 9.53. The van der Waals surface area contributed by atoms with Crippen molar-refractivity contribution in [3.05, 3.63) is 12.1 Å². The second-order valence-electron chi connectivity index (χ2n) is 3.37. The lowest BCUT2D eigenvalue weighted by atomic mass is 10.4. The van der Waals surface area contributed by atoms with Crippen LogP contribution < -0.4 is 10.6 Å². The second-order valence-corrected chi connectivity index (χ2v) is 5.63. The molecule has 0 aliphatic rings. The molecule has 0 amide bonds. The quantitative estimate of drug-likeness (QED) is 0.753. The Morgan fingerprint density at radius 2 is 2.07 bits per heavy atom. The van der Waals surface area contributed by atoms with E-state index in [1.165, 1.54) is 6.26 Å². The Hall–Kier alpha value is -1.37. The first-order valence-electron chi connectivity index (χ1n) is 4.36. The van der Waals surface area contributed by atoms with E-state index in [0.29, 0.717) is 18.2 Å². The summed E-state index contributed by atoms with van der Waals surface area (Å²) in [7, 11) is -1.19. The van der Waals surface area contributed by atoms with E-state index in [1.807, 2.05) is 0 Å². The van der Waals surface area contributed by atoms with E-state index in [1.54, 1.807) is 24.1 Å². The fourth-order valence-electron chi connectivity index (χ4n) is 0.956. The van der Waals surface area contributed by atoms with Gasteiger partial charge in [-0.25, -0.2) is 8.42 Å². The fourth-order valence-corrected chi connectivity index (χ4v) is 1.56. The van der Waals surface area contributed by atoms with E-state index >= 15 is 0 Å². The molecule has 0 spiro atoms. The molecule has 0 radical (unpaired) electrons. The molecule has 0 aliphatic carbocycles. The van der Waals surface area contributed by atoms with Crippen LogP contribution in [0.15, 0.2) is 12.1 Å². The Kier molecular flexibility index (Phi) is 3.46. The van der Waals surface area contributed by atoms with Crippen molar-refractivity contribution in [3.8, 4) is 0 Å². The molecule has 2 N–H and O–H groups in total. The minimum atomic E-state index is -2.95. The zero-order chi connectivity index (χ0) is 11.5. The van der Waals surface area contributed by atoms with Crippen LogP contribution in [0, 0.1) is 0 Å². The first kappa shape index (κ1) is 11.7. The molecule has 0 saturated heterocycles. The number of rotatable bonds is 4. The molecule has 0 aromatic carbocycles. The van der Waals surface area contributed by atoms with Crippen molar-refractivity contribution in [3.63, 3.8) is 0 Å². The first-order chi connectivity index (χ1) is 6.88. The summed E-state index contributed by atoms with van der Waals surface area (Å²) in [6, 6.07) is 3.32. The SMILES string of the molecule is CN(CCS(C)(=O)=O)c1ccc(N)nn1. The summed E-state index contributed by atoms with van der Waals surface area (Å²) in [5.74, 6) is 1.04. The maximum Gasteiger partial charge on any atom is 0.151 e. The lowest BCUT2D eigenvalue weighted by Crippen LogP contribution is -2.25. The molecule has 0 aliphatic heterocycles. The molecular formula is C8H14N4O2S. The van der Waals surface area contributed by atoms with Crippen molar-refractivity contribution in [2.75, 3.05) is 36.2 Å². The highest BCUT2D eigenvalue weighted by Gasteiger charge is 2.07. The van der Waals surface area contributed by atoms with Gasteiger partial charge in [-0.2, -0.15) is 0 Å². The lowest BCUT2D eigenvalue weighted by molar-refractivity contribution is 0.601. The van der Waals surface area contributed by atoms with Crippen molar-refractivity contribution in [1.82, 2.24) is 10.2 Å². The predicted octanol–water partition coefficient (Wildman–Crippen LogP) is -0.460. The van der Waals surface area contributed by atoms with Gasteiger partial charge in [0.05, 0.1) is 5.75 Å². The maximum absolute atomic E-state index is 10.9. The van der Waals surface area contributed by atoms with Gasteiger partial charge >= 0.3 is 0 Å². The summed E-state index contributed by atoms with van der Waals surface area (Å²) >= 11 is 0. The molecule has 15 heavy (non-hydrogen) atoms. The van der Waals surface area contributed by atoms with Crippen molar-refractivity contribution in [2.24, 2.45) is 0 Å². The van der Waals surface area contributed by atoms with E-state index in [4.69, 9.17) is 5.73 Å². The average molecular weight is 230 g/mol. The molecular weight excluding hydrogens is 216 g/mol. The minimum absolute atomic E-state index is 0.0928. The number of nitrogen functional groups attached to an aromatic ring is 1. The number of aromatic nitrogens is 2. The highest BCUT2D eigenvalue weighted by molar-refractivity contribution is 7.90. The van der Waals surface area contributed by atoms with E-state index in [2.05, 4.69) is 10.2 Å². The van der Waals surface area contributed by atoms with E-state index in [0.717, 1.165) is 0 Å². The molecule has 6 nitrogen and oxygen atoms in total. The zero-order valence-electron chi connectivity index (χ0n) is 8.71. The van der Waals surface area contributed by atoms with E-state index in [9.17, 15) is 8.42 Å². The van der Waals surface area contributed by atoms with Crippen LogP contribution in [0.5, 0.6) is 0 Å². The fraction of sp³-hybridized carbons (Fsp3) is 0.500. The number of nitrogens with two attached hydrogens (primary N) is 1. The summed E-state index contributed by atoms with van der Waals surface area (Å²) in [5, 5.41) is 7.52. The number of hydrogen-bond donors (Lipinski definition) is 1. The van der Waals surface area contributed by atoms with Crippen LogP contribution in [-0.2, 0) is 9.84 Å². The molecule has 0 saturated carbocycles. The molecule has 1 heterocycles. The molecule has 0 unspecified atom stereocenters. The summed E-state index contributed by atoms with van der Waals surface area (Å²) in [6.07, 6.45) is 1.20. The molecule has 0 fully saturated rings. The van der Waals surface area contributed by atoms with E-state index in [-0.39, 0.29) is 5.75 Å². The summed E-state index contributed by atoms with van der Waals surface area (Å²) in [6.45, 7) is 0.386. The summed E-state index contributed by atoms with van der Waals surface area (Å²) in [5.41, 5.74) is 5.38. The van der Waals surface area contributed by atoms with Gasteiger partial charge in [-0.1, -0.05) is 0 Å². The second kappa shape index (κ2) is 4.43. The molecule has 84 valence electrons. The van der Waals surface area contributed by atoms with Crippen LogP contribution in [0.3, 0.4) is 0 Å². The number of sulfone groups is 1. The third kappa shape index (κ3) is 4.11. The van der Waals surface area contributed by atoms with Crippen LogP contribution >= 0.6 is 0 Å². The number of nitrogens with zero attached hydrogens (tertiary/aromatic N) is 3. The number of anilines is 2. The Labute approximate surface area is 89.0 Å². The van der Waals surface area contributed by atoms with Crippen molar-refractivity contribution < 1.29 is 8.42 Å². The summed E-state index contributed by atoms with van der Waals surface area (Å²) < 4.78 is 21.9. The van der Waals surface area contributed by atoms with Gasteiger partial charge in [-0.3, -0.25) is 0 Å². The van der Waals surface area contributed by atoms with Gasteiger partial charge < -0.3 is 10.6 Å². The largest absolute Gasteiger partial charge is 0.382 e. The first-order valence-corrected chi connectivity index (χ1v) is 6.42. The standard InChI is InChI=1S/C8H14N4O2S/c1-12(5-6-15(2,13)14)8-4-3-7(9)10-11-8/h3-4H,5-6H2,1-2H3,(H2,9,10). The molecule has 1 aromatic heterocycles. The van der Waals surface area contributed by atoms with Crippen LogP contribution in [0.2, 0.25) is 0 Å². The van der Waals surface area contributed by atoms with Crippen LogP contribution in [0.1, 0.15) is 0 Å². The highest BCUT2D eigenvalue weighted by Crippen LogP contribution is 2.07. The van der Waals surface area contributed by atoms with E-state index < -0.39 is 9.84 Å². The van der Waals surface area contributed by atoms with Gasteiger partial charge in [0.1, 0.15) is 15.7 Å². The Bertz CT molecular complexity index is 415. The van der Waals surface area contributed by atoms with Gasteiger partial charge in [-0.05, 0) is 12.1 Å². The minimum Gasteiger partial charge on any atom is -0.382 e. The third-order valence-electron chi connectivity index (χ3n) is 1.86. The predicted molar refractivity (Wildman–Crippen MR) is 59.4 cm³/mol. The van der Waals surface area contributed by atoms with Gasteiger partial charge in [0.2, 0.25) is 0 Å². The maximum atomic E-state index is 10.9. The monoisotopic (exact) mass is 230 g/mol. The van der Waals surface area contributed by atoms with Gasteiger partial charge in [0.15, 0.2) is 5.82 Å². The van der Waals surface area contributed by atoms with Crippen molar-refractivity contribution >= 4 is 21.5 Å². The smallest absolute Gasteiger partial charge is 0.151 e. The van der Waals surface area contributed by atoms with Crippen LogP contribution in [-0.4, -0.2) is 44.2 Å². The number of hydrogen-bond acceptors (Lipinski definition) is 6. The highest BCUT2D eigenvalue weighted by atomic mass is 32.2. The molecule has 7 heteroatoms. The Balaban J connectivity index is 2.61. The van der Waals surface area contributed by atoms with Crippen LogP contribution in [0.25, 0.3) is 0 Å². The van der Waals surface area contributed by atoms with Gasteiger partial charge in [0.25, 0.3) is 0 Å². The Morgan fingerprint density at radius 1 is 1.40 bits per heavy atom. The molecule has 0 atom stereocenters. The van der Waals surface area contributed by atoms with Gasteiger partial charge in [-0.15, -0.1) is 10.2 Å². The summed E-state index contributed by atoms with van der Waals surface area (Å²) in [4.78, 5) is 1.72. The molecule has 0 bridgehead atoms. The normalized spacial score (nSPS) is 11.3. The van der Waals surface area contributed by atoms with Gasteiger partial charge in [0, 0.05) is 19.8 Å². The van der Waals surface area contributed by atoms with Crippen molar-refractivity contribution in [2.45, 2.75) is 0 Å².